The molecule has 3 aromatic rings. The number of carbonyl (C=O) groups excluding carboxylic acids is 1. The molecule has 3 rings (SSSR count). The molecule has 0 saturated heterocycles. The van der Waals surface area contributed by atoms with Crippen molar-refractivity contribution in [2.24, 2.45) is 0 Å². The summed E-state index contributed by atoms with van der Waals surface area (Å²) < 4.78 is 94.4. The highest BCUT2D eigenvalue weighted by Gasteiger charge is 2.41. The van der Waals surface area contributed by atoms with Crippen molar-refractivity contribution in [2.75, 3.05) is 30.4 Å². The quantitative estimate of drug-likeness (QED) is 0.299. The second-order valence-corrected chi connectivity index (χ2v) is 9.55. The lowest BCUT2D eigenvalue weighted by Gasteiger charge is -2.32. The summed E-state index contributed by atoms with van der Waals surface area (Å²) in [5.74, 6) is -1.23. The summed E-state index contributed by atoms with van der Waals surface area (Å²) in [4.78, 5) is 18.9. The Morgan fingerprint density at radius 1 is 0.949 bits per heavy atom. The van der Waals surface area contributed by atoms with Crippen LogP contribution < -0.4 is 10.2 Å². The molecule has 39 heavy (non-hydrogen) atoms. The van der Waals surface area contributed by atoms with Crippen LogP contribution >= 0.6 is 11.6 Å². The van der Waals surface area contributed by atoms with Crippen molar-refractivity contribution in [1.82, 2.24) is 4.98 Å². The number of hydrogen-bond acceptors (Lipinski definition) is 4. The number of anilines is 2. The molecule has 1 heterocycles. The van der Waals surface area contributed by atoms with Crippen molar-refractivity contribution in [3.8, 4) is 11.1 Å². The Morgan fingerprint density at radius 2 is 1.51 bits per heavy atom. The zero-order valence-electron chi connectivity index (χ0n) is 20.8. The van der Waals surface area contributed by atoms with E-state index in [9.17, 15) is 35.5 Å². The smallest absolute Gasteiger partial charge is 0.395 e. The van der Waals surface area contributed by atoms with Crippen molar-refractivity contribution in [3.63, 3.8) is 0 Å². The average Bonchev–Trinajstić information content (AvgIpc) is 2.85. The van der Waals surface area contributed by atoms with E-state index < -0.39 is 46.2 Å². The van der Waals surface area contributed by atoms with Gasteiger partial charge in [-0.25, -0.2) is 9.37 Å². The minimum absolute atomic E-state index is 0.00949. The summed E-state index contributed by atoms with van der Waals surface area (Å²) in [6.45, 7) is 2.31. The predicted octanol–water partition coefficient (Wildman–Crippen LogP) is 6.92. The van der Waals surface area contributed by atoms with Crippen LogP contribution in [0.5, 0.6) is 0 Å². The molecule has 0 unspecified atom stereocenters. The molecule has 2 aromatic carbocycles. The largest absolute Gasteiger partial charge is 0.416 e. The third kappa shape index (κ3) is 6.62. The summed E-state index contributed by atoms with van der Waals surface area (Å²) in [6, 6.07) is 5.99. The fourth-order valence-electron chi connectivity index (χ4n) is 3.89. The minimum Gasteiger partial charge on any atom is -0.395 e. The summed E-state index contributed by atoms with van der Waals surface area (Å²) in [5.41, 5.74) is -4.82. The van der Waals surface area contributed by atoms with Gasteiger partial charge in [0.15, 0.2) is 0 Å². The van der Waals surface area contributed by atoms with Crippen molar-refractivity contribution in [1.29, 1.82) is 0 Å². The van der Waals surface area contributed by atoms with Crippen LogP contribution in [0.1, 0.15) is 30.5 Å². The van der Waals surface area contributed by atoms with Gasteiger partial charge in [0, 0.05) is 24.7 Å². The standard InChI is InChI=1S/C26H23ClF7N3O2/c1-24(2,14-8-15(25(29,30)31)10-16(9-14)26(32,33)34)23(39)37(3)21-13-36-22(35-6-7-38)12-19(21)18-5-4-17(28)11-20(18)27/h4-5,8-13,38H,6-7H2,1-3H3,(H,35,36). The predicted molar refractivity (Wildman–Crippen MR) is 133 cm³/mol. The van der Waals surface area contributed by atoms with Gasteiger partial charge in [0.2, 0.25) is 5.91 Å². The van der Waals surface area contributed by atoms with Crippen LogP contribution in [0.3, 0.4) is 0 Å². The van der Waals surface area contributed by atoms with Gasteiger partial charge in [0.25, 0.3) is 0 Å². The first-order valence-electron chi connectivity index (χ1n) is 11.3. The van der Waals surface area contributed by atoms with Gasteiger partial charge in [-0.15, -0.1) is 0 Å². The minimum atomic E-state index is -5.09. The first-order chi connectivity index (χ1) is 18.0. The van der Waals surface area contributed by atoms with Crippen LogP contribution in [0, 0.1) is 5.82 Å². The number of alkyl halides is 6. The maximum atomic E-state index is 13.7. The van der Waals surface area contributed by atoms with Crippen molar-refractivity contribution >= 4 is 29.0 Å². The number of benzene rings is 2. The van der Waals surface area contributed by atoms with Crippen molar-refractivity contribution in [2.45, 2.75) is 31.6 Å². The highest BCUT2D eigenvalue weighted by Crippen LogP contribution is 2.41. The number of aliphatic hydroxyl groups excluding tert-OH is 1. The first-order valence-corrected chi connectivity index (χ1v) is 11.7. The molecule has 0 atom stereocenters. The van der Waals surface area contributed by atoms with E-state index in [1.165, 1.54) is 39.2 Å². The fraction of sp³-hybridized carbons (Fsp3) is 0.308. The lowest BCUT2D eigenvalue weighted by Crippen LogP contribution is -2.42. The molecule has 0 spiro atoms. The second-order valence-electron chi connectivity index (χ2n) is 9.14. The molecular weight excluding hydrogens is 555 g/mol. The zero-order chi connectivity index (χ0) is 29.3. The van der Waals surface area contributed by atoms with Crippen LogP contribution in [-0.2, 0) is 22.6 Å². The zero-order valence-corrected chi connectivity index (χ0v) is 21.6. The number of rotatable bonds is 7. The van der Waals surface area contributed by atoms with E-state index in [1.54, 1.807) is 0 Å². The molecular formula is C26H23ClF7N3O2. The number of likely N-dealkylation sites (N-methyl/N-ethyl adjacent to an activating group) is 1. The van der Waals surface area contributed by atoms with Crippen LogP contribution in [0.15, 0.2) is 48.7 Å². The number of aromatic nitrogens is 1. The van der Waals surface area contributed by atoms with Gasteiger partial charge < -0.3 is 15.3 Å². The number of carbonyl (C=O) groups is 1. The number of hydrogen-bond donors (Lipinski definition) is 2. The fourth-order valence-corrected chi connectivity index (χ4v) is 4.16. The summed E-state index contributed by atoms with van der Waals surface area (Å²) in [5, 5.41) is 11.9. The van der Waals surface area contributed by atoms with E-state index in [1.807, 2.05) is 0 Å². The van der Waals surface area contributed by atoms with Gasteiger partial charge in [-0.2, -0.15) is 26.3 Å². The topological polar surface area (TPSA) is 65.5 Å². The maximum Gasteiger partial charge on any atom is 0.416 e. The van der Waals surface area contributed by atoms with E-state index in [4.69, 9.17) is 16.7 Å². The second kappa shape index (κ2) is 11.0. The molecule has 0 saturated carbocycles. The Kier molecular flexibility index (Phi) is 8.51. The summed E-state index contributed by atoms with van der Waals surface area (Å²) in [7, 11) is 1.28. The molecule has 1 amide bonds. The van der Waals surface area contributed by atoms with Gasteiger partial charge in [0.1, 0.15) is 11.6 Å². The van der Waals surface area contributed by atoms with E-state index in [-0.39, 0.29) is 46.9 Å². The molecule has 0 radical (unpaired) electrons. The SMILES string of the molecule is CN(C(=O)C(C)(C)c1cc(C(F)(F)F)cc(C(F)(F)F)c1)c1cnc(NCCO)cc1-c1ccc(F)cc1Cl. The molecule has 0 aliphatic rings. The molecule has 0 aliphatic heterocycles. The normalized spacial score (nSPS) is 12.4. The molecule has 1 aromatic heterocycles. The van der Waals surface area contributed by atoms with Gasteiger partial charge in [-0.3, -0.25) is 4.79 Å². The number of amides is 1. The molecule has 210 valence electrons. The lowest BCUT2D eigenvalue weighted by molar-refractivity contribution is -0.143. The first kappa shape index (κ1) is 30.2. The van der Waals surface area contributed by atoms with Crippen LogP contribution in [0.25, 0.3) is 11.1 Å². The number of nitrogens with zero attached hydrogens (tertiary/aromatic N) is 2. The third-order valence-electron chi connectivity index (χ3n) is 6.03. The van der Waals surface area contributed by atoms with E-state index in [2.05, 4.69) is 10.3 Å². The average molecular weight is 578 g/mol. The Labute approximate surface area is 224 Å². The molecule has 5 nitrogen and oxygen atoms in total. The summed E-state index contributed by atoms with van der Waals surface area (Å²) >= 11 is 6.25. The van der Waals surface area contributed by atoms with Gasteiger partial charge in [-0.05, 0) is 61.9 Å². The number of aliphatic hydroxyl groups is 1. The number of nitrogens with one attached hydrogen (secondary N) is 1. The lowest BCUT2D eigenvalue weighted by atomic mass is 9.81. The molecule has 2 N–H and O–H groups in total. The van der Waals surface area contributed by atoms with Crippen LogP contribution in [0.2, 0.25) is 5.02 Å². The third-order valence-corrected chi connectivity index (χ3v) is 6.34. The molecule has 0 bridgehead atoms. The van der Waals surface area contributed by atoms with Crippen LogP contribution in [-0.4, -0.2) is 36.2 Å². The Balaban J connectivity index is 2.14. The number of halogens is 8. The van der Waals surface area contributed by atoms with E-state index in [0.29, 0.717) is 12.1 Å². The van der Waals surface area contributed by atoms with Crippen molar-refractivity contribution < 1.29 is 40.6 Å². The van der Waals surface area contributed by atoms with Gasteiger partial charge in [0.05, 0.1) is 40.1 Å². The van der Waals surface area contributed by atoms with E-state index in [0.717, 1.165) is 17.0 Å². The highest BCUT2D eigenvalue weighted by atomic mass is 35.5. The van der Waals surface area contributed by atoms with E-state index >= 15 is 0 Å². The van der Waals surface area contributed by atoms with Gasteiger partial charge in [-0.1, -0.05) is 11.6 Å². The monoisotopic (exact) mass is 577 g/mol. The summed E-state index contributed by atoms with van der Waals surface area (Å²) in [6.07, 6.45) is -8.93. The van der Waals surface area contributed by atoms with Crippen LogP contribution in [0.4, 0.5) is 42.2 Å². The Bertz CT molecular complexity index is 1340. The Hall–Kier alpha value is -3.38. The highest BCUT2D eigenvalue weighted by molar-refractivity contribution is 6.33. The molecule has 0 aliphatic carbocycles. The van der Waals surface area contributed by atoms with Crippen molar-refractivity contribution in [3.05, 3.63) is 76.2 Å². The number of pyridine rings is 1. The molecule has 13 heteroatoms. The van der Waals surface area contributed by atoms with Gasteiger partial charge >= 0.3 is 12.4 Å². The maximum absolute atomic E-state index is 13.7. The Morgan fingerprint density at radius 3 is 2.03 bits per heavy atom. The molecule has 0 fully saturated rings.